The number of carbonyl (C=O) groups excluding carboxylic acids is 1. The average Bonchev–Trinajstić information content (AvgIpc) is 2.39. The Balaban J connectivity index is 2.04. The van der Waals surface area contributed by atoms with Gasteiger partial charge < -0.3 is 0 Å². The van der Waals surface area contributed by atoms with Crippen molar-refractivity contribution in [2.75, 3.05) is 0 Å². The first kappa shape index (κ1) is 13.5. The predicted molar refractivity (Wildman–Crippen MR) is 75.8 cm³/mol. The van der Waals surface area contributed by atoms with Crippen molar-refractivity contribution in [3.63, 3.8) is 0 Å². The van der Waals surface area contributed by atoms with Crippen LogP contribution < -0.4 is 5.43 Å². The molecule has 0 atom stereocenters. The summed E-state index contributed by atoms with van der Waals surface area (Å²) in [5.74, 6) is -0.408. The Kier molecular flexibility index (Phi) is 4.49. The number of halogens is 2. The molecule has 2 aromatic rings. The molecular weight excluding hydrogens is 285 g/mol. The van der Waals surface area contributed by atoms with Crippen LogP contribution in [0.4, 0.5) is 0 Å². The lowest BCUT2D eigenvalue weighted by Gasteiger charge is -2.02. The number of rotatable bonds is 3. The van der Waals surface area contributed by atoms with Gasteiger partial charge in [-0.3, -0.25) is 9.78 Å². The highest BCUT2D eigenvalue weighted by Crippen LogP contribution is 2.20. The third-order valence-electron chi connectivity index (χ3n) is 2.23. The summed E-state index contributed by atoms with van der Waals surface area (Å²) < 4.78 is 0. The molecule has 2 rings (SSSR count). The maximum atomic E-state index is 11.8. The molecule has 0 aliphatic carbocycles. The fourth-order valence-electron chi connectivity index (χ4n) is 1.34. The van der Waals surface area contributed by atoms with Crippen LogP contribution >= 0.6 is 23.2 Å². The topological polar surface area (TPSA) is 54.4 Å². The van der Waals surface area contributed by atoms with E-state index in [4.69, 9.17) is 23.2 Å². The van der Waals surface area contributed by atoms with Gasteiger partial charge in [0.25, 0.3) is 5.91 Å². The highest BCUT2D eigenvalue weighted by Gasteiger charge is 2.09. The molecule has 0 saturated carbocycles. The minimum absolute atomic E-state index is 0.276. The molecule has 1 aromatic heterocycles. The average molecular weight is 294 g/mol. The zero-order valence-electron chi connectivity index (χ0n) is 9.68. The number of amides is 1. The number of hydrazone groups is 1. The molecule has 1 heterocycles. The van der Waals surface area contributed by atoms with Crippen molar-refractivity contribution in [3.8, 4) is 0 Å². The molecule has 96 valence electrons. The van der Waals surface area contributed by atoms with E-state index in [9.17, 15) is 4.79 Å². The van der Waals surface area contributed by atoms with Crippen molar-refractivity contribution in [1.82, 2.24) is 10.4 Å². The van der Waals surface area contributed by atoms with Crippen LogP contribution in [0.15, 0.2) is 47.7 Å². The summed E-state index contributed by atoms with van der Waals surface area (Å²) in [6.07, 6.45) is 3.08. The number of carbonyl (C=O) groups is 1. The fraction of sp³-hybridized carbons (Fsp3) is 0. The van der Waals surface area contributed by atoms with Gasteiger partial charge in [0.2, 0.25) is 0 Å². The third kappa shape index (κ3) is 3.77. The second-order valence-electron chi connectivity index (χ2n) is 3.58. The first-order valence-electron chi connectivity index (χ1n) is 5.36. The number of aromatic nitrogens is 1. The Morgan fingerprint density at radius 1 is 1.26 bits per heavy atom. The van der Waals surface area contributed by atoms with E-state index in [2.05, 4.69) is 15.5 Å². The molecule has 6 heteroatoms. The first-order chi connectivity index (χ1) is 9.16. The van der Waals surface area contributed by atoms with E-state index < -0.39 is 5.91 Å². The lowest BCUT2D eigenvalue weighted by molar-refractivity contribution is 0.0955. The van der Waals surface area contributed by atoms with E-state index in [-0.39, 0.29) is 5.02 Å². The van der Waals surface area contributed by atoms with E-state index in [0.29, 0.717) is 16.3 Å². The molecule has 0 bridgehead atoms. The van der Waals surface area contributed by atoms with E-state index in [1.54, 1.807) is 24.4 Å². The van der Waals surface area contributed by atoms with Crippen molar-refractivity contribution in [2.45, 2.75) is 0 Å². The number of hydrogen-bond donors (Lipinski definition) is 1. The number of pyridine rings is 1. The molecule has 0 saturated heterocycles. The summed E-state index contributed by atoms with van der Waals surface area (Å²) in [5.41, 5.74) is 3.32. The van der Waals surface area contributed by atoms with Crippen LogP contribution in [0, 0.1) is 0 Å². The van der Waals surface area contributed by atoms with Gasteiger partial charge in [-0.15, -0.1) is 0 Å². The number of benzene rings is 1. The van der Waals surface area contributed by atoms with Crippen LogP contribution in [0.5, 0.6) is 0 Å². The van der Waals surface area contributed by atoms with Crippen molar-refractivity contribution in [2.24, 2.45) is 5.10 Å². The molecule has 1 N–H and O–H groups in total. The van der Waals surface area contributed by atoms with Crippen molar-refractivity contribution >= 4 is 35.3 Å². The largest absolute Gasteiger partial charge is 0.272 e. The van der Waals surface area contributed by atoms with Gasteiger partial charge in [0.1, 0.15) is 0 Å². The molecule has 0 fully saturated rings. The van der Waals surface area contributed by atoms with Gasteiger partial charge in [-0.1, -0.05) is 29.3 Å². The highest BCUT2D eigenvalue weighted by atomic mass is 35.5. The monoisotopic (exact) mass is 293 g/mol. The predicted octanol–water partition coefficient (Wildman–Crippen LogP) is 3.15. The second-order valence-corrected chi connectivity index (χ2v) is 4.42. The zero-order chi connectivity index (χ0) is 13.7. The summed E-state index contributed by atoms with van der Waals surface area (Å²) in [5, 5.41) is 4.55. The van der Waals surface area contributed by atoms with Gasteiger partial charge in [-0.05, 0) is 30.3 Å². The molecule has 1 amide bonds. The Hall–Kier alpha value is -1.91. The summed E-state index contributed by atoms with van der Waals surface area (Å²) in [7, 11) is 0. The summed E-state index contributed by atoms with van der Waals surface area (Å²) in [4.78, 5) is 15.8. The highest BCUT2D eigenvalue weighted by molar-refractivity contribution is 6.36. The van der Waals surface area contributed by atoms with E-state index >= 15 is 0 Å². The zero-order valence-corrected chi connectivity index (χ0v) is 11.2. The second kappa shape index (κ2) is 6.31. The summed E-state index contributed by atoms with van der Waals surface area (Å²) >= 11 is 11.7. The standard InChI is InChI=1S/C13H9Cl2N3O/c14-9-4-5-11(12(15)7-9)13(19)18-17-8-10-3-1-2-6-16-10/h1-8H,(H,18,19)/b17-8-. The molecule has 0 aliphatic heterocycles. The van der Waals surface area contributed by atoms with Crippen molar-refractivity contribution in [1.29, 1.82) is 0 Å². The molecule has 1 aromatic carbocycles. The van der Waals surface area contributed by atoms with E-state index in [1.807, 2.05) is 6.07 Å². The first-order valence-corrected chi connectivity index (χ1v) is 6.12. The molecule has 4 nitrogen and oxygen atoms in total. The van der Waals surface area contributed by atoms with Gasteiger partial charge in [-0.2, -0.15) is 5.10 Å². The fourth-order valence-corrected chi connectivity index (χ4v) is 1.84. The van der Waals surface area contributed by atoms with Crippen LogP contribution in [0.1, 0.15) is 16.1 Å². The van der Waals surface area contributed by atoms with Crippen LogP contribution in [0.3, 0.4) is 0 Å². The maximum Gasteiger partial charge on any atom is 0.272 e. The summed E-state index contributed by atoms with van der Waals surface area (Å²) in [6.45, 7) is 0. The molecular formula is C13H9Cl2N3O. The van der Waals surface area contributed by atoms with Crippen LogP contribution in [0.2, 0.25) is 10.0 Å². The number of nitrogens with zero attached hydrogens (tertiary/aromatic N) is 2. The Bertz CT molecular complexity index is 615. The Morgan fingerprint density at radius 2 is 2.11 bits per heavy atom. The maximum absolute atomic E-state index is 11.8. The normalized spacial score (nSPS) is 10.6. The van der Waals surface area contributed by atoms with Crippen molar-refractivity contribution < 1.29 is 4.79 Å². The van der Waals surface area contributed by atoms with Gasteiger partial charge in [0, 0.05) is 11.2 Å². The summed E-state index contributed by atoms with van der Waals surface area (Å²) in [6, 6.07) is 10.0. The van der Waals surface area contributed by atoms with Gasteiger partial charge in [0.05, 0.1) is 22.5 Å². The lowest BCUT2D eigenvalue weighted by Crippen LogP contribution is -2.18. The minimum Gasteiger partial charge on any atom is -0.267 e. The molecule has 0 spiro atoms. The van der Waals surface area contributed by atoms with Gasteiger partial charge >= 0.3 is 0 Å². The molecule has 0 aliphatic rings. The van der Waals surface area contributed by atoms with E-state index in [1.165, 1.54) is 18.3 Å². The van der Waals surface area contributed by atoms with E-state index in [0.717, 1.165) is 0 Å². The van der Waals surface area contributed by atoms with Crippen LogP contribution in [-0.2, 0) is 0 Å². The molecule has 19 heavy (non-hydrogen) atoms. The van der Waals surface area contributed by atoms with Crippen molar-refractivity contribution in [3.05, 3.63) is 63.9 Å². The minimum atomic E-state index is -0.408. The number of hydrogen-bond acceptors (Lipinski definition) is 3. The Labute approximate surface area is 120 Å². The van der Waals surface area contributed by atoms with Crippen LogP contribution in [-0.4, -0.2) is 17.1 Å². The lowest BCUT2D eigenvalue weighted by atomic mass is 10.2. The van der Waals surface area contributed by atoms with Crippen LogP contribution in [0.25, 0.3) is 0 Å². The smallest absolute Gasteiger partial charge is 0.267 e. The number of nitrogens with one attached hydrogen (secondary N) is 1. The van der Waals surface area contributed by atoms with Gasteiger partial charge in [0.15, 0.2) is 0 Å². The quantitative estimate of drug-likeness (QED) is 0.698. The molecule has 0 unspecified atom stereocenters. The third-order valence-corrected chi connectivity index (χ3v) is 2.77. The van der Waals surface area contributed by atoms with Gasteiger partial charge in [-0.25, -0.2) is 5.43 Å². The Morgan fingerprint density at radius 3 is 2.79 bits per heavy atom. The molecule has 0 radical (unpaired) electrons. The SMILES string of the molecule is O=C(N/N=C\c1ccccn1)c1ccc(Cl)cc1Cl.